The van der Waals surface area contributed by atoms with Gasteiger partial charge in [0.15, 0.2) is 0 Å². The van der Waals surface area contributed by atoms with Gasteiger partial charge in [-0.3, -0.25) is 0 Å². The minimum Gasteiger partial charge on any atom is -0.247 e. The smallest absolute Gasteiger partial charge is 0.0753 e. The van der Waals surface area contributed by atoms with E-state index in [1.807, 2.05) is 0 Å². The van der Waals surface area contributed by atoms with Crippen molar-refractivity contribution in [3.63, 3.8) is 0 Å². The molecule has 0 spiro atoms. The van der Waals surface area contributed by atoms with Crippen molar-refractivity contribution in [1.82, 2.24) is 9.97 Å². The summed E-state index contributed by atoms with van der Waals surface area (Å²) in [6.07, 6.45) is 0. The minimum atomic E-state index is -0.0334. The van der Waals surface area contributed by atoms with Crippen molar-refractivity contribution in [1.29, 1.82) is 0 Å². The molecule has 0 atom stereocenters. The fourth-order valence-corrected chi connectivity index (χ4v) is 6.98. The lowest BCUT2D eigenvalue weighted by atomic mass is 9.83. The quantitative estimate of drug-likeness (QED) is 0.230. The third kappa shape index (κ3) is 3.17. The summed E-state index contributed by atoms with van der Waals surface area (Å²) < 4.78 is 0. The van der Waals surface area contributed by atoms with Crippen LogP contribution in [0.3, 0.4) is 0 Å². The first-order chi connectivity index (χ1) is 19.3. The van der Waals surface area contributed by atoms with Crippen LogP contribution in [0.1, 0.15) is 49.9 Å². The fraction of sp³-hybridized carbons (Fsp3) is 0.158. The van der Waals surface area contributed by atoms with Gasteiger partial charge in [0.05, 0.1) is 22.8 Å². The van der Waals surface area contributed by atoms with E-state index in [2.05, 4.69) is 137 Å². The molecular formula is C38H30N2. The van der Waals surface area contributed by atoms with E-state index in [0.717, 1.165) is 33.9 Å². The Morgan fingerprint density at radius 2 is 0.875 bits per heavy atom. The number of benzene rings is 4. The molecule has 4 aromatic carbocycles. The van der Waals surface area contributed by atoms with Crippen LogP contribution in [-0.4, -0.2) is 9.97 Å². The molecule has 0 radical (unpaired) electrons. The van der Waals surface area contributed by atoms with Gasteiger partial charge in [0.1, 0.15) is 0 Å². The maximum Gasteiger partial charge on any atom is 0.0753 e. The predicted molar refractivity (Wildman–Crippen MR) is 166 cm³/mol. The molecule has 2 aliphatic carbocycles. The highest BCUT2D eigenvalue weighted by Crippen LogP contribution is 2.49. The van der Waals surface area contributed by atoms with E-state index in [1.165, 1.54) is 44.2 Å². The summed E-state index contributed by atoms with van der Waals surface area (Å²) in [5.74, 6) is 0. The van der Waals surface area contributed by atoms with Gasteiger partial charge in [-0.2, -0.15) is 0 Å². The molecular weight excluding hydrogens is 484 g/mol. The Hall–Kier alpha value is -4.56. The van der Waals surface area contributed by atoms with Gasteiger partial charge in [0, 0.05) is 33.1 Å². The van der Waals surface area contributed by atoms with Crippen LogP contribution in [0.15, 0.2) is 109 Å². The average molecular weight is 515 g/mol. The molecule has 0 aliphatic heterocycles. The molecule has 40 heavy (non-hydrogen) atoms. The number of hydrogen-bond acceptors (Lipinski definition) is 2. The second-order valence-corrected chi connectivity index (χ2v) is 12.3. The maximum atomic E-state index is 5.21. The fourth-order valence-electron chi connectivity index (χ4n) is 6.98. The van der Waals surface area contributed by atoms with E-state index in [1.54, 1.807) is 0 Å². The van der Waals surface area contributed by atoms with Crippen molar-refractivity contribution in [3.05, 3.63) is 131 Å². The molecule has 0 bridgehead atoms. The van der Waals surface area contributed by atoms with Crippen LogP contribution >= 0.6 is 0 Å². The number of pyridine rings is 2. The van der Waals surface area contributed by atoms with E-state index in [4.69, 9.17) is 9.97 Å². The molecule has 2 heteroatoms. The van der Waals surface area contributed by atoms with Gasteiger partial charge < -0.3 is 0 Å². The summed E-state index contributed by atoms with van der Waals surface area (Å²) in [4.78, 5) is 10.4. The number of hydrogen-bond donors (Lipinski definition) is 0. The van der Waals surface area contributed by atoms with Crippen LogP contribution in [0.4, 0.5) is 0 Å². The third-order valence-corrected chi connectivity index (χ3v) is 9.28. The second kappa shape index (κ2) is 7.99. The molecule has 0 saturated heterocycles. The Bertz CT molecular complexity index is 1870. The first-order valence-electron chi connectivity index (χ1n) is 14.1. The summed E-state index contributed by atoms with van der Waals surface area (Å²) in [6.45, 7) is 9.18. The van der Waals surface area contributed by atoms with Gasteiger partial charge in [-0.15, -0.1) is 0 Å². The van der Waals surface area contributed by atoms with Gasteiger partial charge in [-0.25, -0.2) is 9.97 Å². The molecule has 2 heterocycles. The minimum absolute atomic E-state index is 0.0334. The van der Waals surface area contributed by atoms with Crippen molar-refractivity contribution in [2.75, 3.05) is 0 Å². The van der Waals surface area contributed by atoms with Gasteiger partial charge >= 0.3 is 0 Å². The van der Waals surface area contributed by atoms with Crippen LogP contribution in [0.5, 0.6) is 0 Å². The number of rotatable bonds is 2. The van der Waals surface area contributed by atoms with Crippen molar-refractivity contribution >= 4 is 10.8 Å². The SMILES string of the molecule is CC1(C)c2ccccc2-c2nc(-c3ccc4ccc(-c5ccc6c(n5)-c5ccccc5C6(C)C)cc4c3)ccc21. The lowest BCUT2D eigenvalue weighted by Gasteiger charge is -2.21. The van der Waals surface area contributed by atoms with Crippen molar-refractivity contribution in [2.45, 2.75) is 38.5 Å². The topological polar surface area (TPSA) is 25.8 Å². The Morgan fingerprint density at radius 3 is 1.35 bits per heavy atom. The Morgan fingerprint density at radius 1 is 0.425 bits per heavy atom. The molecule has 8 rings (SSSR count). The molecule has 0 saturated carbocycles. The molecule has 0 N–H and O–H groups in total. The average Bonchev–Trinajstić information content (AvgIpc) is 3.36. The number of nitrogens with zero attached hydrogens (tertiary/aromatic N) is 2. The van der Waals surface area contributed by atoms with Crippen LogP contribution < -0.4 is 0 Å². The molecule has 0 amide bonds. The zero-order valence-electron chi connectivity index (χ0n) is 23.3. The largest absolute Gasteiger partial charge is 0.247 e. The molecule has 2 aromatic heterocycles. The van der Waals surface area contributed by atoms with E-state index >= 15 is 0 Å². The highest BCUT2D eigenvalue weighted by atomic mass is 14.7. The van der Waals surface area contributed by atoms with Gasteiger partial charge in [-0.05, 0) is 57.3 Å². The summed E-state index contributed by atoms with van der Waals surface area (Å²) in [5.41, 5.74) is 14.2. The second-order valence-electron chi connectivity index (χ2n) is 12.3. The van der Waals surface area contributed by atoms with Crippen LogP contribution in [0, 0.1) is 0 Å². The Balaban J connectivity index is 1.22. The monoisotopic (exact) mass is 514 g/mol. The first-order valence-corrected chi connectivity index (χ1v) is 14.1. The van der Waals surface area contributed by atoms with Crippen LogP contribution in [0.25, 0.3) is 55.8 Å². The lowest BCUT2D eigenvalue weighted by Crippen LogP contribution is -2.14. The van der Waals surface area contributed by atoms with Crippen LogP contribution in [-0.2, 0) is 10.8 Å². The Labute approximate surface area is 235 Å². The van der Waals surface area contributed by atoms with Gasteiger partial charge in [-0.1, -0.05) is 113 Å². The van der Waals surface area contributed by atoms with E-state index in [9.17, 15) is 0 Å². The van der Waals surface area contributed by atoms with E-state index < -0.39 is 0 Å². The zero-order chi connectivity index (χ0) is 27.2. The highest BCUT2D eigenvalue weighted by molar-refractivity contribution is 5.91. The molecule has 2 aliphatic rings. The third-order valence-electron chi connectivity index (χ3n) is 9.28. The number of aromatic nitrogens is 2. The maximum absolute atomic E-state index is 5.21. The predicted octanol–water partition coefficient (Wildman–Crippen LogP) is 9.58. The lowest BCUT2D eigenvalue weighted by molar-refractivity contribution is 0.659. The van der Waals surface area contributed by atoms with Crippen molar-refractivity contribution < 1.29 is 0 Å². The highest BCUT2D eigenvalue weighted by Gasteiger charge is 2.37. The summed E-state index contributed by atoms with van der Waals surface area (Å²) in [7, 11) is 0. The van der Waals surface area contributed by atoms with Crippen molar-refractivity contribution in [3.8, 4) is 45.0 Å². The summed E-state index contributed by atoms with van der Waals surface area (Å²) >= 11 is 0. The van der Waals surface area contributed by atoms with Gasteiger partial charge in [0.25, 0.3) is 0 Å². The molecule has 192 valence electrons. The molecule has 0 unspecified atom stereocenters. The van der Waals surface area contributed by atoms with Gasteiger partial charge in [0.2, 0.25) is 0 Å². The van der Waals surface area contributed by atoms with Crippen LogP contribution in [0.2, 0.25) is 0 Å². The zero-order valence-corrected chi connectivity index (χ0v) is 23.3. The number of fused-ring (bicyclic) bond motifs is 7. The summed E-state index contributed by atoms with van der Waals surface area (Å²) in [5, 5.41) is 2.41. The normalized spacial score (nSPS) is 15.4. The Kier molecular flexibility index (Phi) is 4.66. The molecule has 0 fully saturated rings. The molecule has 2 nitrogen and oxygen atoms in total. The van der Waals surface area contributed by atoms with Crippen molar-refractivity contribution in [2.24, 2.45) is 0 Å². The summed E-state index contributed by atoms with van der Waals surface area (Å²) in [6, 6.07) is 39.6. The first kappa shape index (κ1) is 23.3. The standard InChI is InChI=1S/C38H30N2/c1-37(2)29-11-7-5-9-27(29)35-31(37)17-19-33(39-35)24-15-13-23-14-16-25(22-26(23)21-24)34-20-18-32-36(40-34)28-10-6-8-12-30(28)38(32,3)4/h5-22H,1-4H3. The van der Waals surface area contributed by atoms with E-state index in [-0.39, 0.29) is 10.8 Å². The van der Waals surface area contributed by atoms with E-state index in [0.29, 0.717) is 0 Å². The molecule has 6 aromatic rings.